The molecule has 0 aliphatic carbocycles. The number of hydrogen-bond donors (Lipinski definition) is 0. The van der Waals surface area contributed by atoms with Gasteiger partial charge in [0.15, 0.2) is 6.29 Å². The predicted octanol–water partition coefficient (Wildman–Crippen LogP) is 1.84. The van der Waals surface area contributed by atoms with Gasteiger partial charge in [-0.15, -0.1) is 0 Å². The Kier molecular flexibility index (Phi) is 2.13. The van der Waals surface area contributed by atoms with Gasteiger partial charge in [-0.3, -0.25) is 9.59 Å². The lowest BCUT2D eigenvalue weighted by Gasteiger charge is -2.05. The molecule has 0 spiro atoms. The van der Waals surface area contributed by atoms with Crippen molar-refractivity contribution in [2.24, 2.45) is 14.1 Å². The Balaban J connectivity index is 2.73. The summed E-state index contributed by atoms with van der Waals surface area (Å²) >= 11 is 0. The molecule has 90 valence electrons. The highest BCUT2D eigenvalue weighted by molar-refractivity contribution is 6.06. The molecule has 0 atom stereocenters. The van der Waals surface area contributed by atoms with Crippen LogP contribution in [0.3, 0.4) is 0 Å². The quantitative estimate of drug-likeness (QED) is 0.609. The second kappa shape index (κ2) is 3.57. The first-order chi connectivity index (χ1) is 8.65. The number of fused-ring (bicyclic) bond motifs is 3. The topological polar surface area (TPSA) is 44.0 Å². The van der Waals surface area contributed by atoms with Crippen LogP contribution in [0.4, 0.5) is 0 Å². The van der Waals surface area contributed by atoms with Gasteiger partial charge in [0, 0.05) is 25.5 Å². The summed E-state index contributed by atoms with van der Waals surface area (Å²) in [6, 6.07) is 9.18. The van der Waals surface area contributed by atoms with Gasteiger partial charge in [-0.25, -0.2) is 0 Å². The van der Waals surface area contributed by atoms with Gasteiger partial charge in [-0.1, -0.05) is 18.2 Å². The number of pyridine rings is 1. The van der Waals surface area contributed by atoms with E-state index in [4.69, 9.17) is 0 Å². The minimum absolute atomic E-state index is 0.121. The molecule has 0 unspecified atom stereocenters. The summed E-state index contributed by atoms with van der Waals surface area (Å²) in [5, 5.41) is 0.985. The summed E-state index contributed by atoms with van der Waals surface area (Å²) < 4.78 is 3.65. The van der Waals surface area contributed by atoms with E-state index >= 15 is 0 Å². The number of hydrogen-bond acceptors (Lipinski definition) is 2. The Hall–Kier alpha value is -2.36. The lowest BCUT2D eigenvalue weighted by Crippen LogP contribution is -2.12. The molecule has 2 heterocycles. The van der Waals surface area contributed by atoms with Crippen molar-refractivity contribution in [2.45, 2.75) is 0 Å². The number of carbonyl (C=O) groups excluding carboxylic acids is 1. The van der Waals surface area contributed by atoms with Crippen molar-refractivity contribution in [1.82, 2.24) is 9.13 Å². The highest BCUT2D eigenvalue weighted by Gasteiger charge is 2.14. The lowest BCUT2D eigenvalue weighted by atomic mass is 10.2. The predicted molar refractivity (Wildman–Crippen MR) is 71.1 cm³/mol. The summed E-state index contributed by atoms with van der Waals surface area (Å²) in [6.07, 6.45) is 0.711. The fourth-order valence-corrected chi connectivity index (χ4v) is 2.54. The number of para-hydroxylation sites is 1. The third kappa shape index (κ3) is 1.20. The summed E-state index contributed by atoms with van der Waals surface area (Å²) in [7, 11) is 3.67. The molecule has 0 radical (unpaired) electrons. The van der Waals surface area contributed by atoms with E-state index in [-0.39, 0.29) is 5.43 Å². The van der Waals surface area contributed by atoms with Crippen LogP contribution in [0.15, 0.2) is 35.1 Å². The summed E-state index contributed by atoms with van der Waals surface area (Å²) in [5.74, 6) is 0. The molecule has 3 rings (SSSR count). The van der Waals surface area contributed by atoms with Crippen molar-refractivity contribution in [3.8, 4) is 0 Å². The van der Waals surface area contributed by atoms with Gasteiger partial charge in [0.05, 0.1) is 16.7 Å². The fraction of sp³-hybridized carbons (Fsp3) is 0.143. The van der Waals surface area contributed by atoms with Crippen molar-refractivity contribution in [3.63, 3.8) is 0 Å². The average molecular weight is 240 g/mol. The van der Waals surface area contributed by atoms with Gasteiger partial charge in [0.25, 0.3) is 0 Å². The first-order valence-electron chi connectivity index (χ1n) is 5.67. The first kappa shape index (κ1) is 10.8. The molecule has 18 heavy (non-hydrogen) atoms. The van der Waals surface area contributed by atoms with Crippen LogP contribution in [0.1, 0.15) is 10.5 Å². The highest BCUT2D eigenvalue weighted by Crippen LogP contribution is 2.25. The molecule has 0 aliphatic rings. The Morgan fingerprint density at radius 2 is 1.78 bits per heavy atom. The Labute approximate surface area is 103 Å². The maximum absolute atomic E-state index is 12.1. The molecule has 0 aliphatic heterocycles. The number of aryl methyl sites for hydroxylation is 2. The van der Waals surface area contributed by atoms with Crippen LogP contribution in [-0.4, -0.2) is 15.4 Å². The number of carbonyl (C=O) groups is 1. The van der Waals surface area contributed by atoms with Crippen LogP contribution in [0.25, 0.3) is 21.9 Å². The van der Waals surface area contributed by atoms with Crippen molar-refractivity contribution >= 4 is 28.2 Å². The van der Waals surface area contributed by atoms with Gasteiger partial charge < -0.3 is 9.13 Å². The van der Waals surface area contributed by atoms with Crippen molar-refractivity contribution in [2.75, 3.05) is 0 Å². The number of aldehydes is 1. The number of aromatic nitrogens is 2. The smallest absolute Gasteiger partial charge is 0.206 e. The first-order valence-corrected chi connectivity index (χ1v) is 5.67. The summed E-state index contributed by atoms with van der Waals surface area (Å²) in [4.78, 5) is 23.1. The maximum Gasteiger partial charge on any atom is 0.206 e. The standard InChI is InChI=1S/C14H12N2O2/c1-15-9(8-17)7-12(18)14-13(15)10-5-3-4-6-11(10)16(14)2/h3-8H,1-2H3. The second-order valence-electron chi connectivity index (χ2n) is 4.38. The third-order valence-electron chi connectivity index (χ3n) is 3.44. The van der Waals surface area contributed by atoms with E-state index in [9.17, 15) is 9.59 Å². The molecule has 0 saturated carbocycles. The molecule has 0 amide bonds. The molecule has 0 N–H and O–H groups in total. The van der Waals surface area contributed by atoms with Gasteiger partial charge in [0.1, 0.15) is 5.52 Å². The van der Waals surface area contributed by atoms with Crippen molar-refractivity contribution in [3.05, 3.63) is 46.2 Å². The number of rotatable bonds is 1. The zero-order chi connectivity index (χ0) is 12.9. The highest BCUT2D eigenvalue weighted by atomic mass is 16.1. The Bertz CT molecular complexity index is 840. The SMILES string of the molecule is Cn1c(C=O)cc(=O)c2c1c1ccccc1n2C. The van der Waals surface area contributed by atoms with Crippen LogP contribution in [-0.2, 0) is 14.1 Å². The molecule has 4 nitrogen and oxygen atoms in total. The Morgan fingerprint density at radius 1 is 1.06 bits per heavy atom. The molecule has 0 fully saturated rings. The molecule has 4 heteroatoms. The van der Waals surface area contributed by atoms with Crippen LogP contribution in [0.2, 0.25) is 0 Å². The van der Waals surface area contributed by atoms with Crippen LogP contribution >= 0.6 is 0 Å². The monoisotopic (exact) mass is 240 g/mol. The van der Waals surface area contributed by atoms with Gasteiger partial charge >= 0.3 is 0 Å². The van der Waals surface area contributed by atoms with Gasteiger partial charge in [-0.05, 0) is 6.07 Å². The molecular weight excluding hydrogens is 228 g/mol. The van der Waals surface area contributed by atoms with E-state index in [0.29, 0.717) is 17.5 Å². The lowest BCUT2D eigenvalue weighted by molar-refractivity contribution is 0.111. The van der Waals surface area contributed by atoms with Crippen LogP contribution < -0.4 is 5.43 Å². The van der Waals surface area contributed by atoms with E-state index in [2.05, 4.69) is 0 Å². The Morgan fingerprint density at radius 3 is 2.50 bits per heavy atom. The summed E-state index contributed by atoms with van der Waals surface area (Å²) in [5.41, 5.74) is 2.70. The van der Waals surface area contributed by atoms with Crippen molar-refractivity contribution in [1.29, 1.82) is 0 Å². The summed E-state index contributed by atoms with van der Waals surface area (Å²) in [6.45, 7) is 0. The third-order valence-corrected chi connectivity index (χ3v) is 3.44. The molecule has 0 bridgehead atoms. The van der Waals surface area contributed by atoms with E-state index in [1.807, 2.05) is 35.9 Å². The zero-order valence-corrected chi connectivity index (χ0v) is 10.2. The average Bonchev–Trinajstić information content (AvgIpc) is 2.69. The van der Waals surface area contributed by atoms with E-state index in [0.717, 1.165) is 16.4 Å². The van der Waals surface area contributed by atoms with E-state index in [1.54, 1.807) is 11.6 Å². The van der Waals surface area contributed by atoms with Crippen LogP contribution in [0.5, 0.6) is 0 Å². The zero-order valence-electron chi connectivity index (χ0n) is 10.2. The molecule has 0 saturated heterocycles. The number of benzene rings is 1. The van der Waals surface area contributed by atoms with Crippen LogP contribution in [0, 0.1) is 0 Å². The second-order valence-corrected chi connectivity index (χ2v) is 4.38. The molecule has 2 aromatic heterocycles. The van der Waals surface area contributed by atoms with Crippen molar-refractivity contribution < 1.29 is 4.79 Å². The maximum atomic E-state index is 12.1. The van der Waals surface area contributed by atoms with E-state index in [1.165, 1.54) is 6.07 Å². The van der Waals surface area contributed by atoms with Gasteiger partial charge in [0.2, 0.25) is 5.43 Å². The minimum atomic E-state index is -0.121. The fourth-order valence-electron chi connectivity index (χ4n) is 2.54. The molecule has 1 aromatic carbocycles. The minimum Gasteiger partial charge on any atom is -0.339 e. The normalized spacial score (nSPS) is 11.2. The van der Waals surface area contributed by atoms with E-state index < -0.39 is 0 Å². The largest absolute Gasteiger partial charge is 0.339 e. The molecule has 3 aromatic rings. The number of nitrogens with zero attached hydrogens (tertiary/aromatic N) is 2. The molecular formula is C14H12N2O2. The van der Waals surface area contributed by atoms with Gasteiger partial charge in [-0.2, -0.15) is 0 Å².